The molecular formula is C14H18Cl2N2O. The third-order valence-electron chi connectivity index (χ3n) is 3.11. The molecule has 0 aliphatic rings. The van der Waals surface area contributed by atoms with E-state index in [9.17, 15) is 0 Å². The highest BCUT2D eigenvalue weighted by Gasteiger charge is 2.12. The van der Waals surface area contributed by atoms with E-state index in [1.807, 2.05) is 12.1 Å². The first-order chi connectivity index (χ1) is 9.27. The van der Waals surface area contributed by atoms with Crippen molar-refractivity contribution in [1.29, 1.82) is 0 Å². The summed E-state index contributed by atoms with van der Waals surface area (Å²) in [5.74, 6) is 1.58. The van der Waals surface area contributed by atoms with Crippen LogP contribution in [0, 0.1) is 0 Å². The molecule has 0 N–H and O–H groups in total. The number of fused-ring (bicyclic) bond motifs is 1. The van der Waals surface area contributed by atoms with Gasteiger partial charge in [-0.3, -0.25) is 0 Å². The maximum Gasteiger partial charge on any atom is 0.111 e. The number of nitrogens with zero attached hydrogens (tertiary/aromatic N) is 2. The first-order valence-corrected chi connectivity index (χ1v) is 7.37. The topological polar surface area (TPSA) is 27.1 Å². The largest absolute Gasteiger partial charge is 0.385 e. The van der Waals surface area contributed by atoms with Gasteiger partial charge < -0.3 is 9.30 Å². The molecule has 3 nitrogen and oxygen atoms in total. The Morgan fingerprint density at radius 3 is 2.89 bits per heavy atom. The Labute approximate surface area is 123 Å². The molecule has 0 radical (unpaired) electrons. The fourth-order valence-corrected chi connectivity index (χ4v) is 2.58. The summed E-state index contributed by atoms with van der Waals surface area (Å²) < 4.78 is 7.30. The van der Waals surface area contributed by atoms with Crippen LogP contribution in [0.25, 0.3) is 11.0 Å². The highest BCUT2D eigenvalue weighted by molar-refractivity contribution is 6.34. The van der Waals surface area contributed by atoms with Gasteiger partial charge in [0.15, 0.2) is 0 Å². The second-order valence-electron chi connectivity index (χ2n) is 4.43. The number of benzene rings is 1. The first kappa shape index (κ1) is 14.6. The number of aromatic nitrogens is 2. The highest BCUT2D eigenvalue weighted by Crippen LogP contribution is 2.24. The molecular weight excluding hydrogens is 283 g/mol. The predicted molar refractivity (Wildman–Crippen MR) is 80.3 cm³/mol. The Kier molecular flexibility index (Phi) is 5.49. The average molecular weight is 301 g/mol. The van der Waals surface area contributed by atoms with E-state index in [-0.39, 0.29) is 0 Å². The van der Waals surface area contributed by atoms with Crippen LogP contribution in [0.15, 0.2) is 18.2 Å². The number of unbranched alkanes of at least 4 members (excludes halogenated alkanes) is 1. The van der Waals surface area contributed by atoms with Crippen LogP contribution in [0.3, 0.4) is 0 Å². The van der Waals surface area contributed by atoms with Crippen molar-refractivity contribution in [3.05, 3.63) is 29.0 Å². The van der Waals surface area contributed by atoms with Crippen LogP contribution >= 0.6 is 23.2 Å². The van der Waals surface area contributed by atoms with E-state index >= 15 is 0 Å². The number of methoxy groups -OCH3 is 1. The predicted octanol–water partition coefficient (Wildman–Crippen LogP) is 3.90. The Morgan fingerprint density at radius 2 is 2.16 bits per heavy atom. The van der Waals surface area contributed by atoms with Gasteiger partial charge in [0.2, 0.25) is 0 Å². The van der Waals surface area contributed by atoms with Crippen molar-refractivity contribution in [3.63, 3.8) is 0 Å². The molecule has 1 heterocycles. The summed E-state index contributed by atoms with van der Waals surface area (Å²) in [6.45, 7) is 1.71. The average Bonchev–Trinajstić information content (AvgIpc) is 2.75. The lowest BCUT2D eigenvalue weighted by Gasteiger charge is -2.08. The maximum absolute atomic E-state index is 6.20. The number of rotatable bonds is 7. The van der Waals surface area contributed by atoms with Gasteiger partial charge in [0, 0.05) is 32.6 Å². The monoisotopic (exact) mass is 300 g/mol. The van der Waals surface area contributed by atoms with Crippen molar-refractivity contribution >= 4 is 34.2 Å². The lowest BCUT2D eigenvalue weighted by Crippen LogP contribution is -2.05. The molecule has 0 unspecified atom stereocenters. The Hall–Kier alpha value is -0.770. The minimum atomic E-state index is 0.568. The van der Waals surface area contributed by atoms with Crippen LogP contribution in [-0.4, -0.2) is 29.1 Å². The third kappa shape index (κ3) is 3.41. The molecule has 2 rings (SSSR count). The van der Waals surface area contributed by atoms with Gasteiger partial charge >= 0.3 is 0 Å². The Bertz CT molecular complexity index is 539. The van der Waals surface area contributed by atoms with E-state index < -0.39 is 0 Å². The van der Waals surface area contributed by atoms with Crippen molar-refractivity contribution < 1.29 is 4.74 Å². The normalized spacial score (nSPS) is 11.3. The third-order valence-corrected chi connectivity index (χ3v) is 3.60. The number of ether oxygens (including phenoxy) is 1. The van der Waals surface area contributed by atoms with Crippen molar-refractivity contribution in [3.8, 4) is 0 Å². The summed E-state index contributed by atoms with van der Waals surface area (Å²) in [5.41, 5.74) is 1.96. The number of alkyl halides is 1. The molecule has 0 spiro atoms. The van der Waals surface area contributed by atoms with Gasteiger partial charge in [-0.1, -0.05) is 17.7 Å². The lowest BCUT2D eigenvalue weighted by molar-refractivity contribution is 0.191. The Morgan fingerprint density at radius 1 is 1.32 bits per heavy atom. The van der Waals surface area contributed by atoms with Crippen molar-refractivity contribution in [2.75, 3.05) is 19.6 Å². The van der Waals surface area contributed by atoms with Crippen molar-refractivity contribution in [1.82, 2.24) is 9.55 Å². The van der Waals surface area contributed by atoms with Crippen LogP contribution in [0.5, 0.6) is 0 Å². The van der Waals surface area contributed by atoms with Gasteiger partial charge in [0.25, 0.3) is 0 Å². The van der Waals surface area contributed by atoms with Crippen LogP contribution in [-0.2, 0) is 17.7 Å². The zero-order valence-corrected chi connectivity index (χ0v) is 12.5. The molecule has 1 aromatic heterocycles. The van der Waals surface area contributed by atoms with Gasteiger partial charge in [-0.05, 0) is 25.0 Å². The molecule has 0 saturated carbocycles. The quantitative estimate of drug-likeness (QED) is 0.573. The van der Waals surface area contributed by atoms with E-state index in [1.165, 1.54) is 0 Å². The smallest absolute Gasteiger partial charge is 0.111 e. The highest BCUT2D eigenvalue weighted by atomic mass is 35.5. The molecule has 104 valence electrons. The van der Waals surface area contributed by atoms with Gasteiger partial charge in [-0.15, -0.1) is 11.6 Å². The van der Waals surface area contributed by atoms with Gasteiger partial charge in [-0.2, -0.15) is 0 Å². The second-order valence-corrected chi connectivity index (χ2v) is 5.21. The van der Waals surface area contributed by atoms with Crippen molar-refractivity contribution in [2.45, 2.75) is 25.8 Å². The van der Waals surface area contributed by atoms with Crippen LogP contribution in [0.1, 0.15) is 18.7 Å². The SMILES string of the molecule is COCCCCn1c(CCCl)nc2c(Cl)cccc21. The van der Waals surface area contributed by atoms with Gasteiger partial charge in [0.05, 0.1) is 10.5 Å². The minimum Gasteiger partial charge on any atom is -0.385 e. The molecule has 0 aliphatic heterocycles. The summed E-state index contributed by atoms with van der Waals surface area (Å²) >= 11 is 12.1. The lowest BCUT2D eigenvalue weighted by atomic mass is 10.3. The van der Waals surface area contributed by atoms with Crippen LogP contribution in [0.4, 0.5) is 0 Å². The zero-order chi connectivity index (χ0) is 13.7. The molecule has 1 aromatic carbocycles. The summed E-state index contributed by atoms with van der Waals surface area (Å²) in [6.07, 6.45) is 2.86. The molecule has 5 heteroatoms. The number of aryl methyl sites for hydroxylation is 2. The number of hydrogen-bond acceptors (Lipinski definition) is 2. The maximum atomic E-state index is 6.20. The molecule has 19 heavy (non-hydrogen) atoms. The van der Waals surface area contributed by atoms with Crippen LogP contribution in [0.2, 0.25) is 5.02 Å². The number of hydrogen-bond donors (Lipinski definition) is 0. The van der Waals surface area contributed by atoms with Crippen LogP contribution < -0.4 is 0 Å². The van der Waals surface area contributed by atoms with E-state index in [2.05, 4.69) is 15.6 Å². The standard InChI is InChI=1S/C14H18Cl2N2O/c1-19-10-3-2-9-18-12-6-4-5-11(16)14(12)17-13(18)7-8-15/h4-6H,2-3,7-10H2,1H3. The summed E-state index contributed by atoms with van der Waals surface area (Å²) in [5, 5.41) is 0.698. The fourth-order valence-electron chi connectivity index (χ4n) is 2.20. The molecule has 0 saturated heterocycles. The Balaban J connectivity index is 2.27. The number of imidazole rings is 1. The summed E-state index contributed by atoms with van der Waals surface area (Å²) in [6, 6.07) is 5.89. The number of halogens is 2. The summed E-state index contributed by atoms with van der Waals surface area (Å²) in [4.78, 5) is 4.62. The van der Waals surface area contributed by atoms with E-state index in [1.54, 1.807) is 7.11 Å². The minimum absolute atomic E-state index is 0.568. The van der Waals surface area contributed by atoms with E-state index in [0.29, 0.717) is 10.9 Å². The van der Waals surface area contributed by atoms with Crippen molar-refractivity contribution in [2.24, 2.45) is 0 Å². The zero-order valence-electron chi connectivity index (χ0n) is 11.0. The molecule has 0 bridgehead atoms. The molecule has 2 aromatic rings. The second kappa shape index (κ2) is 7.13. The van der Waals surface area contributed by atoms with Gasteiger partial charge in [0.1, 0.15) is 11.3 Å². The van der Waals surface area contributed by atoms with Gasteiger partial charge in [-0.25, -0.2) is 4.98 Å². The summed E-state index contributed by atoms with van der Waals surface area (Å²) in [7, 11) is 1.73. The number of para-hydroxylation sites is 1. The first-order valence-electron chi connectivity index (χ1n) is 6.46. The van der Waals surface area contributed by atoms with E-state index in [0.717, 1.165) is 49.3 Å². The molecule has 0 fully saturated rings. The molecule has 0 amide bonds. The molecule has 0 aliphatic carbocycles. The van der Waals surface area contributed by atoms with E-state index in [4.69, 9.17) is 27.9 Å². The molecule has 0 atom stereocenters. The fraction of sp³-hybridized carbons (Fsp3) is 0.500.